The summed E-state index contributed by atoms with van der Waals surface area (Å²) < 4.78 is 6.05. The highest BCUT2D eigenvalue weighted by molar-refractivity contribution is 4.78. The Hall–Kier alpha value is -0.440. The van der Waals surface area contributed by atoms with Crippen LogP contribution in [0.5, 0.6) is 0 Å². The van der Waals surface area contributed by atoms with E-state index >= 15 is 0 Å². The average Bonchev–Trinajstić information content (AvgIpc) is 2.69. The van der Waals surface area contributed by atoms with E-state index < -0.39 is 0 Å². The van der Waals surface area contributed by atoms with Crippen LogP contribution in [0.4, 0.5) is 0 Å². The van der Waals surface area contributed by atoms with Crippen LogP contribution < -0.4 is 0 Å². The molecule has 0 aromatic carbocycles. The lowest BCUT2D eigenvalue weighted by Crippen LogP contribution is -2.29. The monoisotopic (exact) mass is 392 g/mol. The average molecular weight is 393 g/mol. The van der Waals surface area contributed by atoms with Crippen LogP contribution >= 0.6 is 0 Å². The molecule has 0 spiro atoms. The molecular formula is C25H48N2O. The third-order valence-electron chi connectivity index (χ3n) is 6.99. The van der Waals surface area contributed by atoms with Gasteiger partial charge in [0.05, 0.1) is 6.04 Å². The summed E-state index contributed by atoms with van der Waals surface area (Å²) in [6, 6.07) is 0.424. The first-order valence-electron chi connectivity index (χ1n) is 12.8. The van der Waals surface area contributed by atoms with Gasteiger partial charge in [0.25, 0.3) is 0 Å². The normalized spacial score (nSPS) is 25.9. The van der Waals surface area contributed by atoms with E-state index in [-0.39, 0.29) is 5.72 Å². The van der Waals surface area contributed by atoms with E-state index in [1.165, 1.54) is 128 Å². The smallest absolute Gasteiger partial charge is 0.178 e. The Morgan fingerprint density at radius 1 is 0.536 bits per heavy atom. The fourth-order valence-corrected chi connectivity index (χ4v) is 4.95. The van der Waals surface area contributed by atoms with Crippen molar-refractivity contribution in [1.29, 1.82) is 0 Å². The van der Waals surface area contributed by atoms with Gasteiger partial charge >= 0.3 is 0 Å². The summed E-state index contributed by atoms with van der Waals surface area (Å²) in [4.78, 5) is 0. The number of hydrogen-bond acceptors (Lipinski definition) is 3. The van der Waals surface area contributed by atoms with Crippen LogP contribution in [-0.2, 0) is 4.74 Å². The Kier molecular flexibility index (Phi) is 13.1. The van der Waals surface area contributed by atoms with E-state index in [1.54, 1.807) is 0 Å². The van der Waals surface area contributed by atoms with Crippen LogP contribution in [0.2, 0.25) is 0 Å². The lowest BCUT2D eigenvalue weighted by Gasteiger charge is -2.28. The van der Waals surface area contributed by atoms with E-state index in [2.05, 4.69) is 0 Å². The standard InChI is InChI=1S/C25H48N2O/c1-28-25(22-18-14-10-6-3-7-11-15-19-23-25)27-26-24-20-16-12-8-4-2-5-9-13-17-21-24/h24H,2-23H2,1H3/b27-26+. The first kappa shape index (κ1) is 23.8. The first-order valence-corrected chi connectivity index (χ1v) is 12.8. The quantitative estimate of drug-likeness (QED) is 0.442. The van der Waals surface area contributed by atoms with Gasteiger partial charge in [-0.25, -0.2) is 0 Å². The number of rotatable bonds is 3. The predicted molar refractivity (Wildman–Crippen MR) is 120 cm³/mol. The predicted octanol–water partition coefficient (Wildman–Crippen LogP) is 8.76. The Morgan fingerprint density at radius 2 is 0.893 bits per heavy atom. The van der Waals surface area contributed by atoms with Crippen molar-refractivity contribution in [3.8, 4) is 0 Å². The summed E-state index contributed by atoms with van der Waals surface area (Å²) in [5.74, 6) is 0. The lowest BCUT2D eigenvalue weighted by molar-refractivity contribution is -0.0281. The van der Waals surface area contributed by atoms with Gasteiger partial charge < -0.3 is 4.74 Å². The van der Waals surface area contributed by atoms with E-state index in [4.69, 9.17) is 15.0 Å². The van der Waals surface area contributed by atoms with Crippen LogP contribution in [-0.4, -0.2) is 18.9 Å². The summed E-state index contributed by atoms with van der Waals surface area (Å²) >= 11 is 0. The fourth-order valence-electron chi connectivity index (χ4n) is 4.95. The summed E-state index contributed by atoms with van der Waals surface area (Å²) in [7, 11) is 1.87. The highest BCUT2D eigenvalue weighted by Crippen LogP contribution is 2.30. The van der Waals surface area contributed by atoms with Gasteiger partial charge in [-0.3, -0.25) is 0 Å². The van der Waals surface area contributed by atoms with Crippen LogP contribution in [0.1, 0.15) is 141 Å². The maximum absolute atomic E-state index is 6.05. The highest BCUT2D eigenvalue weighted by Gasteiger charge is 2.29. The molecular weight excluding hydrogens is 344 g/mol. The van der Waals surface area contributed by atoms with Gasteiger partial charge in [0.2, 0.25) is 0 Å². The van der Waals surface area contributed by atoms with Crippen LogP contribution in [0, 0.1) is 0 Å². The second kappa shape index (κ2) is 15.4. The third kappa shape index (κ3) is 10.4. The van der Waals surface area contributed by atoms with Crippen molar-refractivity contribution in [2.45, 2.75) is 153 Å². The zero-order valence-electron chi connectivity index (χ0n) is 18.9. The second-order valence-corrected chi connectivity index (χ2v) is 9.46. The molecule has 0 aliphatic heterocycles. The van der Waals surface area contributed by atoms with Gasteiger partial charge in [-0.2, -0.15) is 10.2 Å². The molecule has 0 aromatic heterocycles. The van der Waals surface area contributed by atoms with Gasteiger partial charge in [0, 0.05) is 7.11 Å². The molecule has 0 unspecified atom stereocenters. The lowest BCUT2D eigenvalue weighted by atomic mass is 9.95. The minimum absolute atomic E-state index is 0.344. The Morgan fingerprint density at radius 3 is 1.29 bits per heavy atom. The van der Waals surface area contributed by atoms with E-state index in [9.17, 15) is 0 Å². The van der Waals surface area contributed by atoms with E-state index in [1.807, 2.05) is 7.11 Å². The zero-order chi connectivity index (χ0) is 19.8. The maximum atomic E-state index is 6.05. The molecule has 2 aliphatic carbocycles. The molecule has 0 atom stereocenters. The molecule has 0 amide bonds. The van der Waals surface area contributed by atoms with E-state index in [0.29, 0.717) is 6.04 Å². The molecule has 3 nitrogen and oxygen atoms in total. The van der Waals surface area contributed by atoms with Crippen LogP contribution in [0.15, 0.2) is 10.2 Å². The molecule has 0 aromatic rings. The fraction of sp³-hybridized carbons (Fsp3) is 1.00. The first-order chi connectivity index (χ1) is 13.8. The highest BCUT2D eigenvalue weighted by atomic mass is 16.5. The van der Waals surface area contributed by atoms with Crippen molar-refractivity contribution in [3.05, 3.63) is 0 Å². The molecule has 2 rings (SSSR count). The number of ether oxygens (including phenoxy) is 1. The van der Waals surface area contributed by atoms with Crippen molar-refractivity contribution in [2.24, 2.45) is 10.2 Å². The Balaban J connectivity index is 1.93. The van der Waals surface area contributed by atoms with Crippen molar-refractivity contribution in [3.63, 3.8) is 0 Å². The van der Waals surface area contributed by atoms with E-state index in [0.717, 1.165) is 12.8 Å². The number of nitrogens with zero attached hydrogens (tertiary/aromatic N) is 2. The molecule has 0 saturated heterocycles. The van der Waals surface area contributed by atoms with Gasteiger partial charge in [-0.15, -0.1) is 0 Å². The number of methoxy groups -OCH3 is 1. The molecule has 2 saturated carbocycles. The maximum Gasteiger partial charge on any atom is 0.178 e. The molecule has 2 fully saturated rings. The number of azo groups is 1. The third-order valence-corrected chi connectivity index (χ3v) is 6.99. The topological polar surface area (TPSA) is 34.0 Å². The largest absolute Gasteiger partial charge is 0.355 e. The van der Waals surface area contributed by atoms with Crippen molar-refractivity contribution < 1.29 is 4.74 Å². The summed E-state index contributed by atoms with van der Waals surface area (Å²) in [5.41, 5.74) is -0.344. The molecule has 0 bridgehead atoms. The zero-order valence-corrected chi connectivity index (χ0v) is 18.9. The molecule has 0 radical (unpaired) electrons. The summed E-state index contributed by atoms with van der Waals surface area (Å²) in [6.45, 7) is 0. The van der Waals surface area contributed by atoms with Crippen molar-refractivity contribution >= 4 is 0 Å². The van der Waals surface area contributed by atoms with Crippen molar-refractivity contribution in [1.82, 2.24) is 0 Å². The second-order valence-electron chi connectivity index (χ2n) is 9.46. The SMILES string of the molecule is COC1(/N=N/C2CCCCCCCCCCC2)CCCCCCCCCCC1. The molecule has 164 valence electrons. The summed E-state index contributed by atoms with van der Waals surface area (Å²) in [6.07, 6.45) is 29.2. The van der Waals surface area contributed by atoms with Gasteiger partial charge in [-0.1, -0.05) is 103 Å². The van der Waals surface area contributed by atoms with Crippen molar-refractivity contribution in [2.75, 3.05) is 7.11 Å². The van der Waals surface area contributed by atoms with Gasteiger partial charge in [0.1, 0.15) is 0 Å². The molecule has 28 heavy (non-hydrogen) atoms. The minimum Gasteiger partial charge on any atom is -0.355 e. The number of hydrogen-bond donors (Lipinski definition) is 0. The molecule has 3 heteroatoms. The molecule has 0 heterocycles. The molecule has 0 N–H and O–H groups in total. The summed E-state index contributed by atoms with van der Waals surface area (Å²) in [5, 5.41) is 9.90. The minimum atomic E-state index is -0.344. The van der Waals surface area contributed by atoms with Crippen LogP contribution in [0.3, 0.4) is 0 Å². The Bertz CT molecular complexity index is 372. The van der Waals surface area contributed by atoms with Crippen LogP contribution in [0.25, 0.3) is 0 Å². The Labute approximate surface area is 175 Å². The van der Waals surface area contributed by atoms with Gasteiger partial charge in [-0.05, 0) is 38.5 Å². The van der Waals surface area contributed by atoms with Gasteiger partial charge in [0.15, 0.2) is 5.72 Å². The molecule has 2 aliphatic rings.